The summed E-state index contributed by atoms with van der Waals surface area (Å²) in [5.41, 5.74) is -1.22. The lowest BCUT2D eigenvalue weighted by molar-refractivity contribution is -0.146. The van der Waals surface area contributed by atoms with Crippen molar-refractivity contribution in [2.24, 2.45) is 27.6 Å². The van der Waals surface area contributed by atoms with Crippen LogP contribution in [0.3, 0.4) is 0 Å². The quantitative estimate of drug-likeness (QED) is 0.203. The molecule has 6 rings (SSSR count). The number of carbonyl (C=O) groups is 6. The smallest absolute Gasteiger partial charge is 0.289 e. The third-order valence-electron chi connectivity index (χ3n) is 15.0. The van der Waals surface area contributed by atoms with Gasteiger partial charge >= 0.3 is 0 Å². The molecule has 2 heterocycles. The maximum Gasteiger partial charge on any atom is 0.289 e. The van der Waals surface area contributed by atoms with E-state index < -0.39 is 47.2 Å². The number of hydrogen-bond acceptors (Lipinski definition) is 7. The van der Waals surface area contributed by atoms with Crippen LogP contribution in [0.25, 0.3) is 0 Å². The molecule has 55 heavy (non-hydrogen) atoms. The SMILES string of the molecule is CCC[C@H](NC(=O)[C@@H]1C[C@@]2(CN1C(=O)[C@@H](NC(=O)[C@@H](NC(=O)[C@@H]1CCN1C(C)(C)C)C1CCCCC1)C(C)(C)C)C(C)(C)C21CCC1)C(=O)C(=O)NC1CC1. The number of nitrogens with zero attached hydrogens (tertiary/aromatic N) is 2. The standard InChI is InChI=1S/C43H70N6O6/c1-10-15-28(32(50)37(54)44-27-18-19-27)45-35(52)30-24-43(41(8,9)42(43)21-14-22-42)25-48(30)38(55)33(39(2,3)4)47-36(53)31(26-16-12-11-13-17-26)46-34(51)29-20-23-49(29)40(5,6)7/h26-31,33H,10-25H2,1-9H3,(H,44,54)(H,45,52)(H,46,51)(H,47,53)/t28-,29-,30-,31-,33+,43+/m0/s1. The van der Waals surface area contributed by atoms with E-state index in [1.807, 2.05) is 27.7 Å². The van der Waals surface area contributed by atoms with E-state index in [0.717, 1.165) is 77.2 Å². The van der Waals surface area contributed by atoms with Crippen molar-refractivity contribution in [3.05, 3.63) is 0 Å². The van der Waals surface area contributed by atoms with Crippen LogP contribution in [0.1, 0.15) is 152 Å². The zero-order valence-corrected chi connectivity index (χ0v) is 35.2. The van der Waals surface area contributed by atoms with E-state index in [1.54, 1.807) is 4.90 Å². The van der Waals surface area contributed by atoms with Crippen molar-refractivity contribution >= 4 is 35.3 Å². The molecule has 6 fully saturated rings. The summed E-state index contributed by atoms with van der Waals surface area (Å²) in [5, 5.41) is 12.0. The zero-order valence-electron chi connectivity index (χ0n) is 35.2. The van der Waals surface area contributed by atoms with Crippen molar-refractivity contribution in [3.63, 3.8) is 0 Å². The fourth-order valence-electron chi connectivity index (χ4n) is 11.2. The summed E-state index contributed by atoms with van der Waals surface area (Å²) < 4.78 is 0. The Bertz CT molecular complexity index is 1530. The average molecular weight is 767 g/mol. The van der Waals surface area contributed by atoms with Gasteiger partial charge in [0.1, 0.15) is 18.1 Å². The second-order valence-electron chi connectivity index (χ2n) is 20.7. The number of likely N-dealkylation sites (tertiary alicyclic amines) is 2. The molecular weight excluding hydrogens is 697 g/mol. The highest BCUT2D eigenvalue weighted by Crippen LogP contribution is 2.88. The number of ketones is 1. The first-order valence-electron chi connectivity index (χ1n) is 21.5. The first kappa shape index (κ1) is 41.6. The van der Waals surface area contributed by atoms with Gasteiger partial charge in [0.05, 0.1) is 12.1 Å². The first-order valence-corrected chi connectivity index (χ1v) is 21.5. The first-order chi connectivity index (χ1) is 25.7. The lowest BCUT2D eigenvalue weighted by Crippen LogP contribution is -2.66. The number of amides is 5. The van der Waals surface area contributed by atoms with Crippen LogP contribution in [0.15, 0.2) is 0 Å². The Balaban J connectivity index is 1.25. The summed E-state index contributed by atoms with van der Waals surface area (Å²) in [6, 6.07) is -3.89. The van der Waals surface area contributed by atoms with Gasteiger partial charge in [0.25, 0.3) is 5.91 Å². The topological polar surface area (TPSA) is 157 Å². The second-order valence-corrected chi connectivity index (χ2v) is 20.7. The van der Waals surface area contributed by atoms with Gasteiger partial charge in [0, 0.05) is 30.1 Å². The van der Waals surface area contributed by atoms with Gasteiger partial charge in [-0.05, 0) is 101 Å². The van der Waals surface area contributed by atoms with Crippen LogP contribution in [0.5, 0.6) is 0 Å². The van der Waals surface area contributed by atoms with E-state index >= 15 is 4.79 Å². The molecule has 12 nitrogen and oxygen atoms in total. The summed E-state index contributed by atoms with van der Waals surface area (Å²) in [5.74, 6) is -2.63. The van der Waals surface area contributed by atoms with Crippen LogP contribution in [0, 0.1) is 27.6 Å². The molecule has 0 aromatic heterocycles. The van der Waals surface area contributed by atoms with Crippen molar-refractivity contribution in [2.75, 3.05) is 13.1 Å². The summed E-state index contributed by atoms with van der Waals surface area (Å²) in [4.78, 5) is 87.9. The molecule has 0 unspecified atom stereocenters. The lowest BCUT2D eigenvalue weighted by Gasteiger charge is -2.49. The molecule has 4 aliphatic carbocycles. The fraction of sp³-hybridized carbons (Fsp3) is 0.860. The molecule has 0 aromatic rings. The number of hydrogen-bond donors (Lipinski definition) is 4. The Hall–Kier alpha value is -3.02. The maximum atomic E-state index is 15.1. The third-order valence-corrected chi connectivity index (χ3v) is 15.0. The molecule has 0 aromatic carbocycles. The van der Waals surface area contributed by atoms with E-state index in [2.05, 4.69) is 60.8 Å². The van der Waals surface area contributed by atoms with Crippen LogP contribution in [-0.4, -0.2) is 100.0 Å². The second kappa shape index (κ2) is 15.1. The molecule has 0 bridgehead atoms. The molecule has 6 atom stereocenters. The van der Waals surface area contributed by atoms with Crippen LogP contribution in [0.4, 0.5) is 0 Å². The summed E-state index contributed by atoms with van der Waals surface area (Å²) >= 11 is 0. The summed E-state index contributed by atoms with van der Waals surface area (Å²) in [7, 11) is 0. The monoisotopic (exact) mass is 767 g/mol. The molecule has 308 valence electrons. The Kier molecular flexibility index (Phi) is 11.4. The summed E-state index contributed by atoms with van der Waals surface area (Å²) in [6.07, 6.45) is 11.7. The molecule has 12 heteroatoms. The fourth-order valence-corrected chi connectivity index (χ4v) is 11.2. The minimum absolute atomic E-state index is 0.0139. The van der Waals surface area contributed by atoms with Gasteiger partial charge in [-0.3, -0.25) is 33.7 Å². The number of rotatable bonds is 13. The van der Waals surface area contributed by atoms with Crippen molar-refractivity contribution in [1.82, 2.24) is 31.1 Å². The third kappa shape index (κ3) is 7.59. The Morgan fingerprint density at radius 2 is 1.40 bits per heavy atom. The van der Waals surface area contributed by atoms with Gasteiger partial charge in [0.2, 0.25) is 29.4 Å². The Morgan fingerprint density at radius 1 is 0.764 bits per heavy atom. The van der Waals surface area contributed by atoms with Crippen LogP contribution >= 0.6 is 0 Å². The highest BCUT2D eigenvalue weighted by Gasteiger charge is 2.85. The van der Waals surface area contributed by atoms with Gasteiger partial charge in [-0.2, -0.15) is 0 Å². The Labute approximate surface area is 329 Å². The predicted molar refractivity (Wildman–Crippen MR) is 210 cm³/mol. The molecule has 4 saturated carbocycles. The molecule has 2 aliphatic heterocycles. The average Bonchev–Trinajstić information content (AvgIpc) is 3.88. The van der Waals surface area contributed by atoms with E-state index in [9.17, 15) is 24.0 Å². The van der Waals surface area contributed by atoms with E-state index in [-0.39, 0.29) is 57.5 Å². The van der Waals surface area contributed by atoms with Crippen LogP contribution < -0.4 is 21.3 Å². The van der Waals surface area contributed by atoms with Gasteiger partial charge < -0.3 is 26.2 Å². The molecule has 5 amide bonds. The highest BCUT2D eigenvalue weighted by molar-refractivity contribution is 6.38. The van der Waals surface area contributed by atoms with Crippen LogP contribution in [-0.2, 0) is 28.8 Å². The highest BCUT2D eigenvalue weighted by atomic mass is 16.2. The van der Waals surface area contributed by atoms with E-state index in [1.165, 1.54) is 0 Å². The lowest BCUT2D eigenvalue weighted by atomic mass is 9.73. The Morgan fingerprint density at radius 3 is 1.89 bits per heavy atom. The maximum absolute atomic E-state index is 15.1. The van der Waals surface area contributed by atoms with Gasteiger partial charge in [0.15, 0.2) is 0 Å². The van der Waals surface area contributed by atoms with Gasteiger partial charge in [-0.15, -0.1) is 0 Å². The number of fused-ring (bicyclic) bond motifs is 1. The summed E-state index contributed by atoms with van der Waals surface area (Å²) in [6.45, 7) is 19.7. The van der Waals surface area contributed by atoms with Gasteiger partial charge in [-0.25, -0.2) is 0 Å². The van der Waals surface area contributed by atoms with E-state index in [4.69, 9.17) is 0 Å². The van der Waals surface area contributed by atoms with E-state index in [0.29, 0.717) is 25.8 Å². The van der Waals surface area contributed by atoms with Gasteiger partial charge in [-0.1, -0.05) is 73.6 Å². The molecule has 2 saturated heterocycles. The zero-order chi connectivity index (χ0) is 40.3. The number of Topliss-reactive ketones (excluding diaryl/α,β-unsaturated/α-hetero) is 1. The normalized spacial score (nSPS) is 29.0. The minimum atomic E-state index is -0.988. The minimum Gasteiger partial charge on any atom is -0.347 e. The van der Waals surface area contributed by atoms with Crippen LogP contribution in [0.2, 0.25) is 0 Å². The number of nitrogens with one attached hydrogen (secondary N) is 4. The van der Waals surface area contributed by atoms with Crippen molar-refractivity contribution < 1.29 is 28.8 Å². The molecule has 6 aliphatic rings. The van der Waals surface area contributed by atoms with Crippen molar-refractivity contribution in [1.29, 1.82) is 0 Å². The molecule has 4 N–H and O–H groups in total. The molecule has 0 radical (unpaired) electrons. The predicted octanol–water partition coefficient (Wildman–Crippen LogP) is 4.39. The van der Waals surface area contributed by atoms with Crippen molar-refractivity contribution in [2.45, 2.75) is 194 Å². The number of carbonyl (C=O) groups excluding carboxylic acids is 6. The van der Waals surface area contributed by atoms with Crippen molar-refractivity contribution in [3.8, 4) is 0 Å². The largest absolute Gasteiger partial charge is 0.347 e. The molecular formula is C43H70N6O6. The molecule has 2 spiro atoms.